The summed E-state index contributed by atoms with van der Waals surface area (Å²) in [6.45, 7) is 6.51. The first-order valence-corrected chi connectivity index (χ1v) is 6.73. The molecule has 0 heterocycles. The Labute approximate surface area is 97.1 Å². The van der Waals surface area contributed by atoms with E-state index < -0.39 is 0 Å². The normalized spacial score (nSPS) is 14.7. The molecule has 90 valence electrons. The van der Waals surface area contributed by atoms with E-state index in [1.54, 1.807) is 11.8 Å². The second-order valence-electron chi connectivity index (χ2n) is 3.52. The van der Waals surface area contributed by atoms with E-state index in [1.165, 1.54) is 0 Å². The van der Waals surface area contributed by atoms with Gasteiger partial charge in [0.05, 0.1) is 12.4 Å². The maximum Gasteiger partial charge on any atom is 0.315 e. The van der Waals surface area contributed by atoms with Crippen molar-refractivity contribution in [1.82, 2.24) is 0 Å². The molecule has 0 saturated carbocycles. The van der Waals surface area contributed by atoms with E-state index >= 15 is 0 Å². The van der Waals surface area contributed by atoms with E-state index in [4.69, 9.17) is 10.5 Å². The molecule has 0 bridgehead atoms. The standard InChI is InChI=1S/C11H23NO2S/c1-4-7-9(12)10(5-2)15-8-11(13)14-6-3/h9-10H,4-8,12H2,1-3H3. The molecule has 0 rings (SSSR count). The minimum absolute atomic E-state index is 0.135. The first-order chi connectivity index (χ1) is 7.15. The molecule has 0 aromatic carbocycles. The maximum atomic E-state index is 11.2. The van der Waals surface area contributed by atoms with Crippen molar-refractivity contribution in [3.05, 3.63) is 0 Å². The van der Waals surface area contributed by atoms with Gasteiger partial charge in [0.1, 0.15) is 0 Å². The molecule has 15 heavy (non-hydrogen) atoms. The quantitative estimate of drug-likeness (QED) is 0.653. The van der Waals surface area contributed by atoms with Gasteiger partial charge in [-0.2, -0.15) is 0 Å². The van der Waals surface area contributed by atoms with Crippen LogP contribution in [0.1, 0.15) is 40.0 Å². The SMILES string of the molecule is CCCC(N)C(CC)SCC(=O)OCC. The number of hydrogen-bond acceptors (Lipinski definition) is 4. The molecule has 2 N–H and O–H groups in total. The maximum absolute atomic E-state index is 11.2. The number of rotatable bonds is 8. The monoisotopic (exact) mass is 233 g/mol. The van der Waals surface area contributed by atoms with Gasteiger partial charge >= 0.3 is 5.97 Å². The molecular formula is C11H23NO2S. The predicted molar refractivity (Wildman–Crippen MR) is 66.1 cm³/mol. The lowest BCUT2D eigenvalue weighted by Gasteiger charge is -2.21. The molecule has 0 aliphatic carbocycles. The molecule has 0 aromatic rings. The fourth-order valence-electron chi connectivity index (χ4n) is 1.44. The number of carbonyl (C=O) groups is 1. The molecule has 3 nitrogen and oxygen atoms in total. The number of ether oxygens (including phenoxy) is 1. The van der Waals surface area contributed by atoms with Gasteiger partial charge in [0.15, 0.2) is 0 Å². The molecule has 0 saturated heterocycles. The van der Waals surface area contributed by atoms with Crippen LogP contribution < -0.4 is 5.73 Å². The van der Waals surface area contributed by atoms with E-state index in [0.717, 1.165) is 19.3 Å². The molecule has 0 amide bonds. The van der Waals surface area contributed by atoms with Crippen molar-refractivity contribution >= 4 is 17.7 Å². The van der Waals surface area contributed by atoms with Crippen LogP contribution in [0.15, 0.2) is 0 Å². The number of nitrogens with two attached hydrogens (primary N) is 1. The Morgan fingerprint density at radius 3 is 2.53 bits per heavy atom. The first kappa shape index (κ1) is 14.8. The lowest BCUT2D eigenvalue weighted by Crippen LogP contribution is -2.32. The predicted octanol–water partition coefficient (Wildman–Crippen LogP) is 2.19. The Morgan fingerprint density at radius 1 is 1.40 bits per heavy atom. The summed E-state index contributed by atoms with van der Waals surface area (Å²) in [6, 6.07) is 0.194. The van der Waals surface area contributed by atoms with Crippen molar-refractivity contribution in [3.8, 4) is 0 Å². The highest BCUT2D eigenvalue weighted by molar-refractivity contribution is 8.00. The minimum atomic E-state index is -0.135. The number of esters is 1. The fraction of sp³-hybridized carbons (Fsp3) is 0.909. The number of carbonyl (C=O) groups excluding carboxylic acids is 1. The highest BCUT2D eigenvalue weighted by atomic mass is 32.2. The van der Waals surface area contributed by atoms with E-state index in [-0.39, 0.29) is 12.0 Å². The van der Waals surface area contributed by atoms with Gasteiger partial charge in [-0.05, 0) is 19.8 Å². The third-order valence-electron chi connectivity index (χ3n) is 2.22. The molecule has 2 atom stereocenters. The average molecular weight is 233 g/mol. The molecule has 4 heteroatoms. The summed E-state index contributed by atoms with van der Waals surface area (Å²) in [5.74, 6) is 0.286. The van der Waals surface area contributed by atoms with Crippen LogP contribution in [0, 0.1) is 0 Å². The number of hydrogen-bond donors (Lipinski definition) is 1. The zero-order chi connectivity index (χ0) is 11.7. The second kappa shape index (κ2) is 9.04. The van der Waals surface area contributed by atoms with Crippen molar-refractivity contribution in [3.63, 3.8) is 0 Å². The van der Waals surface area contributed by atoms with Crippen LogP contribution >= 0.6 is 11.8 Å². The van der Waals surface area contributed by atoms with E-state index in [9.17, 15) is 4.79 Å². The zero-order valence-corrected chi connectivity index (χ0v) is 10.8. The van der Waals surface area contributed by atoms with Gasteiger partial charge in [-0.15, -0.1) is 11.8 Å². The van der Waals surface area contributed by atoms with Crippen LogP contribution in [-0.4, -0.2) is 29.6 Å². The van der Waals surface area contributed by atoms with Crippen molar-refractivity contribution in [2.75, 3.05) is 12.4 Å². The van der Waals surface area contributed by atoms with Crippen LogP contribution in [0.25, 0.3) is 0 Å². The topological polar surface area (TPSA) is 52.3 Å². The van der Waals surface area contributed by atoms with E-state index in [1.807, 2.05) is 6.92 Å². The Kier molecular flexibility index (Phi) is 8.91. The van der Waals surface area contributed by atoms with Gasteiger partial charge in [0.2, 0.25) is 0 Å². The summed E-state index contributed by atoms with van der Waals surface area (Å²) in [7, 11) is 0. The Bertz CT molecular complexity index is 176. The fourth-order valence-corrected chi connectivity index (χ4v) is 2.49. The van der Waals surface area contributed by atoms with E-state index in [2.05, 4.69) is 13.8 Å². The average Bonchev–Trinajstić information content (AvgIpc) is 2.19. The van der Waals surface area contributed by atoms with Gasteiger partial charge in [-0.1, -0.05) is 20.3 Å². The third kappa shape index (κ3) is 6.79. The minimum Gasteiger partial charge on any atom is -0.465 e. The highest BCUT2D eigenvalue weighted by Gasteiger charge is 2.17. The molecule has 0 radical (unpaired) electrons. The van der Waals surface area contributed by atoms with Crippen molar-refractivity contribution in [1.29, 1.82) is 0 Å². The van der Waals surface area contributed by atoms with Gasteiger partial charge in [0, 0.05) is 11.3 Å². The molecule has 0 aliphatic rings. The van der Waals surface area contributed by atoms with Gasteiger partial charge in [0.25, 0.3) is 0 Å². The summed E-state index contributed by atoms with van der Waals surface area (Å²) in [4.78, 5) is 11.2. The Hall–Kier alpha value is -0.220. The van der Waals surface area contributed by atoms with Gasteiger partial charge in [-0.3, -0.25) is 4.79 Å². The van der Waals surface area contributed by atoms with Crippen LogP contribution in [0.3, 0.4) is 0 Å². The molecule has 0 spiro atoms. The highest BCUT2D eigenvalue weighted by Crippen LogP contribution is 2.19. The lowest BCUT2D eigenvalue weighted by atomic mass is 10.1. The third-order valence-corrected chi connectivity index (χ3v) is 3.74. The van der Waals surface area contributed by atoms with Crippen LogP contribution in [0.4, 0.5) is 0 Å². The van der Waals surface area contributed by atoms with Gasteiger partial charge < -0.3 is 10.5 Å². The first-order valence-electron chi connectivity index (χ1n) is 5.68. The zero-order valence-electron chi connectivity index (χ0n) is 9.99. The van der Waals surface area contributed by atoms with Crippen molar-refractivity contribution < 1.29 is 9.53 Å². The summed E-state index contributed by atoms with van der Waals surface area (Å²) in [5, 5.41) is 0.370. The molecule has 0 fully saturated rings. The summed E-state index contributed by atoms with van der Waals surface area (Å²) in [5.41, 5.74) is 6.03. The molecule has 0 aromatic heterocycles. The van der Waals surface area contributed by atoms with Crippen molar-refractivity contribution in [2.24, 2.45) is 5.73 Å². The largest absolute Gasteiger partial charge is 0.465 e. The Balaban J connectivity index is 3.83. The second-order valence-corrected chi connectivity index (χ2v) is 4.74. The summed E-state index contributed by atoms with van der Waals surface area (Å²) in [6.07, 6.45) is 3.12. The molecular weight excluding hydrogens is 210 g/mol. The molecule has 2 unspecified atom stereocenters. The van der Waals surface area contributed by atoms with Crippen molar-refractivity contribution in [2.45, 2.75) is 51.3 Å². The lowest BCUT2D eigenvalue weighted by molar-refractivity contribution is -0.139. The molecule has 0 aliphatic heterocycles. The smallest absolute Gasteiger partial charge is 0.315 e. The summed E-state index contributed by atoms with van der Waals surface area (Å²) >= 11 is 1.62. The number of thioether (sulfide) groups is 1. The Morgan fingerprint density at radius 2 is 2.07 bits per heavy atom. The van der Waals surface area contributed by atoms with Gasteiger partial charge in [-0.25, -0.2) is 0 Å². The summed E-state index contributed by atoms with van der Waals surface area (Å²) < 4.78 is 4.88. The van der Waals surface area contributed by atoms with Crippen LogP contribution in [-0.2, 0) is 9.53 Å². The van der Waals surface area contributed by atoms with Crippen LogP contribution in [0.5, 0.6) is 0 Å². The van der Waals surface area contributed by atoms with E-state index in [0.29, 0.717) is 17.6 Å². The van der Waals surface area contributed by atoms with Crippen LogP contribution in [0.2, 0.25) is 0 Å².